The normalized spacial score (nSPS) is 11.8. The van der Waals surface area contributed by atoms with E-state index in [4.69, 9.17) is 4.74 Å². The summed E-state index contributed by atoms with van der Waals surface area (Å²) >= 11 is 0. The highest BCUT2D eigenvalue weighted by Gasteiger charge is 2.34. The summed E-state index contributed by atoms with van der Waals surface area (Å²) in [6.07, 6.45) is -4.55. The highest BCUT2D eigenvalue weighted by Crippen LogP contribution is 2.33. The molecule has 0 amide bonds. The third-order valence-electron chi connectivity index (χ3n) is 1.87. The highest BCUT2D eigenvalue weighted by molar-refractivity contribution is 5.30. The number of rotatable bonds is 3. The largest absolute Gasteiger partial charge is 0.416 e. The van der Waals surface area contributed by atoms with Crippen molar-refractivity contribution in [2.75, 3.05) is 6.61 Å². The molecule has 1 aromatic rings. The smallest absolute Gasteiger partial charge is 0.377 e. The number of hydrogen-bond donors (Lipinski definition) is 0. The third kappa shape index (κ3) is 2.92. The Labute approximate surface area is 84.7 Å². The van der Waals surface area contributed by atoms with Crippen LogP contribution in [0.1, 0.15) is 18.1 Å². The van der Waals surface area contributed by atoms with Gasteiger partial charge in [-0.3, -0.25) is 0 Å². The van der Waals surface area contributed by atoms with Gasteiger partial charge >= 0.3 is 6.18 Å². The molecule has 0 radical (unpaired) electrons. The molecule has 0 saturated heterocycles. The predicted octanol–water partition coefficient (Wildman–Crippen LogP) is 3.38. The molecule has 0 unspecified atom stereocenters. The second kappa shape index (κ2) is 4.61. The van der Waals surface area contributed by atoms with E-state index in [2.05, 4.69) is 0 Å². The van der Waals surface area contributed by atoms with Crippen LogP contribution >= 0.6 is 0 Å². The Balaban J connectivity index is 3.09. The van der Waals surface area contributed by atoms with E-state index in [-0.39, 0.29) is 13.2 Å². The molecule has 0 saturated carbocycles. The third-order valence-corrected chi connectivity index (χ3v) is 1.87. The van der Waals surface area contributed by atoms with Gasteiger partial charge in [-0.2, -0.15) is 13.2 Å². The maximum atomic E-state index is 13.1. The van der Waals surface area contributed by atoms with Gasteiger partial charge in [0.1, 0.15) is 5.82 Å². The quantitative estimate of drug-likeness (QED) is 0.712. The van der Waals surface area contributed by atoms with Crippen molar-refractivity contribution >= 4 is 0 Å². The first kappa shape index (κ1) is 12.0. The van der Waals surface area contributed by atoms with Crippen molar-refractivity contribution in [3.63, 3.8) is 0 Å². The van der Waals surface area contributed by atoms with E-state index < -0.39 is 23.1 Å². The fraction of sp³-hybridized carbons (Fsp3) is 0.400. The van der Waals surface area contributed by atoms with Crippen molar-refractivity contribution in [1.82, 2.24) is 0 Å². The summed E-state index contributed by atoms with van der Waals surface area (Å²) in [7, 11) is 0. The molecule has 0 aliphatic rings. The van der Waals surface area contributed by atoms with Crippen molar-refractivity contribution in [2.24, 2.45) is 0 Å². The lowest BCUT2D eigenvalue weighted by atomic mass is 10.1. The highest BCUT2D eigenvalue weighted by atomic mass is 19.4. The van der Waals surface area contributed by atoms with Gasteiger partial charge in [-0.1, -0.05) is 6.07 Å². The molecule has 0 aliphatic heterocycles. The average Bonchev–Trinajstić information content (AvgIpc) is 2.14. The van der Waals surface area contributed by atoms with Gasteiger partial charge in [0.05, 0.1) is 12.2 Å². The maximum absolute atomic E-state index is 13.1. The zero-order chi connectivity index (χ0) is 11.5. The summed E-state index contributed by atoms with van der Waals surface area (Å²) in [5, 5.41) is 0. The molecule has 5 heteroatoms. The van der Waals surface area contributed by atoms with Crippen LogP contribution in [0.15, 0.2) is 18.2 Å². The first-order valence-electron chi connectivity index (χ1n) is 4.39. The lowest BCUT2D eigenvalue weighted by Gasteiger charge is -2.13. The summed E-state index contributed by atoms with van der Waals surface area (Å²) in [6, 6.07) is 2.87. The minimum Gasteiger partial charge on any atom is -0.377 e. The fourth-order valence-corrected chi connectivity index (χ4v) is 1.18. The molecule has 0 bridgehead atoms. The Morgan fingerprint density at radius 2 is 1.93 bits per heavy atom. The number of ether oxygens (including phenoxy) is 1. The van der Waals surface area contributed by atoms with E-state index >= 15 is 0 Å². The molecule has 0 heterocycles. The standard InChI is InChI=1S/C10H10F4O/c1-2-15-6-7-8(10(12,13)14)4-3-5-9(7)11/h3-5H,2,6H2,1H3. The zero-order valence-corrected chi connectivity index (χ0v) is 8.07. The van der Waals surface area contributed by atoms with E-state index in [1.54, 1.807) is 6.92 Å². The topological polar surface area (TPSA) is 9.23 Å². The predicted molar refractivity (Wildman–Crippen MR) is 46.7 cm³/mol. The van der Waals surface area contributed by atoms with Crippen LogP contribution in [0.3, 0.4) is 0 Å². The molecular weight excluding hydrogens is 212 g/mol. The van der Waals surface area contributed by atoms with Crippen LogP contribution in [-0.2, 0) is 17.5 Å². The van der Waals surface area contributed by atoms with Gasteiger partial charge < -0.3 is 4.74 Å². The van der Waals surface area contributed by atoms with Gasteiger partial charge in [-0.25, -0.2) is 4.39 Å². The van der Waals surface area contributed by atoms with Crippen molar-refractivity contribution in [3.8, 4) is 0 Å². The van der Waals surface area contributed by atoms with Crippen LogP contribution in [0.5, 0.6) is 0 Å². The molecule has 0 N–H and O–H groups in total. The number of halogens is 4. The van der Waals surface area contributed by atoms with Crippen LogP contribution in [-0.4, -0.2) is 6.61 Å². The Morgan fingerprint density at radius 3 is 2.47 bits per heavy atom. The van der Waals surface area contributed by atoms with E-state index in [0.717, 1.165) is 18.2 Å². The Hall–Kier alpha value is -1.10. The maximum Gasteiger partial charge on any atom is 0.416 e. The zero-order valence-electron chi connectivity index (χ0n) is 8.07. The van der Waals surface area contributed by atoms with Crippen molar-refractivity contribution in [3.05, 3.63) is 35.1 Å². The van der Waals surface area contributed by atoms with Crippen molar-refractivity contribution < 1.29 is 22.3 Å². The number of alkyl halides is 3. The lowest BCUT2D eigenvalue weighted by molar-refractivity contribution is -0.139. The molecule has 15 heavy (non-hydrogen) atoms. The summed E-state index contributed by atoms with van der Waals surface area (Å²) in [5.74, 6) is -0.890. The lowest BCUT2D eigenvalue weighted by Crippen LogP contribution is -2.11. The average molecular weight is 222 g/mol. The molecular formula is C10H10F4O. The summed E-state index contributed by atoms with van der Waals surface area (Å²) in [5.41, 5.74) is -1.41. The van der Waals surface area contributed by atoms with Crippen molar-refractivity contribution in [1.29, 1.82) is 0 Å². The molecule has 1 nitrogen and oxygen atoms in total. The van der Waals surface area contributed by atoms with Gasteiger partial charge in [0.15, 0.2) is 0 Å². The first-order chi connectivity index (χ1) is 6.96. The van der Waals surface area contributed by atoms with E-state index in [1.807, 2.05) is 0 Å². The van der Waals surface area contributed by atoms with Crippen LogP contribution in [0.2, 0.25) is 0 Å². The second-order valence-corrected chi connectivity index (χ2v) is 2.90. The Morgan fingerprint density at radius 1 is 1.27 bits per heavy atom. The molecule has 0 fully saturated rings. The van der Waals surface area contributed by atoms with Gasteiger partial charge in [0, 0.05) is 12.2 Å². The van der Waals surface area contributed by atoms with Gasteiger partial charge in [-0.15, -0.1) is 0 Å². The summed E-state index contributed by atoms with van der Waals surface area (Å²) in [6.45, 7) is 1.51. The summed E-state index contributed by atoms with van der Waals surface area (Å²) in [4.78, 5) is 0. The monoisotopic (exact) mass is 222 g/mol. The molecule has 0 aliphatic carbocycles. The number of hydrogen-bond acceptors (Lipinski definition) is 1. The molecule has 1 rings (SSSR count). The Bertz CT molecular complexity index is 333. The Kier molecular flexibility index (Phi) is 3.68. The SMILES string of the molecule is CCOCc1c(F)cccc1C(F)(F)F. The molecule has 0 aromatic heterocycles. The van der Waals surface area contributed by atoms with Crippen LogP contribution < -0.4 is 0 Å². The van der Waals surface area contributed by atoms with E-state index in [9.17, 15) is 17.6 Å². The molecule has 0 atom stereocenters. The van der Waals surface area contributed by atoms with Gasteiger partial charge in [0.25, 0.3) is 0 Å². The first-order valence-corrected chi connectivity index (χ1v) is 4.39. The molecule has 1 aromatic carbocycles. The minimum atomic E-state index is -4.55. The van der Waals surface area contributed by atoms with Crippen LogP contribution in [0, 0.1) is 5.82 Å². The van der Waals surface area contributed by atoms with Crippen molar-refractivity contribution in [2.45, 2.75) is 19.7 Å². The van der Waals surface area contributed by atoms with Gasteiger partial charge in [-0.05, 0) is 19.1 Å². The molecule has 84 valence electrons. The summed E-state index contributed by atoms with van der Waals surface area (Å²) < 4.78 is 55.2. The second-order valence-electron chi connectivity index (χ2n) is 2.90. The van der Waals surface area contributed by atoms with E-state index in [1.165, 1.54) is 0 Å². The van der Waals surface area contributed by atoms with Crippen LogP contribution in [0.25, 0.3) is 0 Å². The van der Waals surface area contributed by atoms with Gasteiger partial charge in [0.2, 0.25) is 0 Å². The fourth-order valence-electron chi connectivity index (χ4n) is 1.18. The molecule has 0 spiro atoms. The van der Waals surface area contributed by atoms with Crippen LogP contribution in [0.4, 0.5) is 17.6 Å². The number of benzene rings is 1. The minimum absolute atomic E-state index is 0.242. The van der Waals surface area contributed by atoms with E-state index in [0.29, 0.717) is 0 Å².